The first-order valence-electron chi connectivity index (χ1n) is 8.24. The predicted molar refractivity (Wildman–Crippen MR) is 102 cm³/mol. The number of ketones is 1. The third-order valence-electron chi connectivity index (χ3n) is 3.93. The maximum Gasteiger partial charge on any atom is 0.287 e. The molecule has 2 amide bonds. The summed E-state index contributed by atoms with van der Waals surface area (Å²) in [5.41, 5.74) is 6.91. The van der Waals surface area contributed by atoms with Gasteiger partial charge in [-0.05, 0) is 36.1 Å². The maximum absolute atomic E-state index is 12.8. The van der Waals surface area contributed by atoms with E-state index in [4.69, 9.17) is 5.73 Å². The first-order chi connectivity index (χ1) is 13.0. The van der Waals surface area contributed by atoms with Crippen molar-refractivity contribution in [1.29, 1.82) is 0 Å². The lowest BCUT2D eigenvalue weighted by Gasteiger charge is -2.16. The summed E-state index contributed by atoms with van der Waals surface area (Å²) >= 11 is 1.43. The largest absolute Gasteiger partial charge is 0.363 e. The van der Waals surface area contributed by atoms with Crippen molar-refractivity contribution < 1.29 is 14.4 Å². The van der Waals surface area contributed by atoms with Crippen LogP contribution >= 0.6 is 11.3 Å². The lowest BCUT2D eigenvalue weighted by molar-refractivity contribution is -0.137. The molecule has 0 bridgehead atoms. The van der Waals surface area contributed by atoms with Crippen molar-refractivity contribution in [3.8, 4) is 5.00 Å². The molecule has 8 heteroatoms. The molecule has 0 spiro atoms. The predicted octanol–water partition coefficient (Wildman–Crippen LogP) is 1.64. The monoisotopic (exact) mass is 382 g/mol. The Morgan fingerprint density at radius 3 is 2.56 bits per heavy atom. The zero-order chi connectivity index (χ0) is 19.4. The summed E-state index contributed by atoms with van der Waals surface area (Å²) in [4.78, 5) is 36.5. The lowest BCUT2D eigenvalue weighted by Crippen LogP contribution is -2.47. The molecule has 0 fully saturated rings. The van der Waals surface area contributed by atoms with Crippen molar-refractivity contribution in [2.75, 3.05) is 0 Å². The van der Waals surface area contributed by atoms with Crippen molar-refractivity contribution in [2.45, 2.75) is 19.4 Å². The Bertz CT molecular complexity index is 964. The number of primary amides is 1. The molecule has 0 aliphatic rings. The molecule has 3 rings (SSSR count). The Hall–Kier alpha value is -3.26. The fourth-order valence-electron chi connectivity index (χ4n) is 2.68. The van der Waals surface area contributed by atoms with Crippen molar-refractivity contribution in [2.24, 2.45) is 5.73 Å². The molecule has 2 heterocycles. The van der Waals surface area contributed by atoms with Gasteiger partial charge in [0.1, 0.15) is 16.7 Å². The minimum atomic E-state index is -1.08. The summed E-state index contributed by atoms with van der Waals surface area (Å²) in [5.74, 6) is -2.43. The van der Waals surface area contributed by atoms with Gasteiger partial charge in [0, 0.05) is 6.42 Å². The Labute approximate surface area is 159 Å². The molecular formula is C19H18N4O3S. The quantitative estimate of drug-likeness (QED) is 0.606. The van der Waals surface area contributed by atoms with E-state index in [0.717, 1.165) is 10.6 Å². The van der Waals surface area contributed by atoms with E-state index in [2.05, 4.69) is 10.4 Å². The van der Waals surface area contributed by atoms with Gasteiger partial charge in [-0.2, -0.15) is 5.10 Å². The number of nitrogens with two attached hydrogens (primary N) is 1. The minimum Gasteiger partial charge on any atom is -0.363 e. The van der Waals surface area contributed by atoms with E-state index in [1.807, 2.05) is 47.8 Å². The molecule has 27 heavy (non-hydrogen) atoms. The summed E-state index contributed by atoms with van der Waals surface area (Å²) in [6.45, 7) is 1.77. The highest BCUT2D eigenvalue weighted by atomic mass is 32.1. The van der Waals surface area contributed by atoms with Gasteiger partial charge in [0.2, 0.25) is 5.78 Å². The van der Waals surface area contributed by atoms with Crippen LogP contribution in [-0.4, -0.2) is 33.4 Å². The van der Waals surface area contributed by atoms with Gasteiger partial charge in [0.25, 0.3) is 11.8 Å². The van der Waals surface area contributed by atoms with Crippen LogP contribution in [0.4, 0.5) is 0 Å². The molecule has 1 aromatic carbocycles. The van der Waals surface area contributed by atoms with Crippen LogP contribution in [0.5, 0.6) is 0 Å². The summed E-state index contributed by atoms with van der Waals surface area (Å²) < 4.78 is 1.52. The molecule has 138 valence electrons. The molecule has 0 aliphatic carbocycles. The average molecular weight is 382 g/mol. The average Bonchev–Trinajstić information content (AvgIpc) is 3.30. The number of amides is 2. The number of nitrogens with zero attached hydrogens (tertiary/aromatic N) is 2. The van der Waals surface area contributed by atoms with Gasteiger partial charge in [0.05, 0.1) is 5.69 Å². The van der Waals surface area contributed by atoms with E-state index < -0.39 is 23.6 Å². The Kier molecular flexibility index (Phi) is 5.46. The normalized spacial score (nSPS) is 11.7. The summed E-state index contributed by atoms with van der Waals surface area (Å²) in [5, 5.41) is 9.62. The number of rotatable bonds is 7. The smallest absolute Gasteiger partial charge is 0.287 e. The van der Waals surface area contributed by atoms with E-state index in [0.29, 0.717) is 5.69 Å². The number of aryl methyl sites for hydroxylation is 1. The third-order valence-corrected chi connectivity index (χ3v) is 4.77. The first-order valence-corrected chi connectivity index (χ1v) is 9.12. The SMILES string of the molecule is Cc1cc(C(=O)NC(Cc2ccccc2)C(=O)C(N)=O)n(-c2cccs2)n1. The van der Waals surface area contributed by atoms with Gasteiger partial charge in [-0.1, -0.05) is 30.3 Å². The zero-order valence-electron chi connectivity index (χ0n) is 14.6. The number of benzene rings is 1. The van der Waals surface area contributed by atoms with Gasteiger partial charge >= 0.3 is 0 Å². The van der Waals surface area contributed by atoms with Gasteiger partial charge in [-0.15, -0.1) is 11.3 Å². The number of carbonyl (C=O) groups excluding carboxylic acids is 3. The van der Waals surface area contributed by atoms with Gasteiger partial charge < -0.3 is 11.1 Å². The number of carbonyl (C=O) groups is 3. The fraction of sp³-hybridized carbons (Fsp3) is 0.158. The van der Waals surface area contributed by atoms with Crippen molar-refractivity contribution in [1.82, 2.24) is 15.1 Å². The van der Waals surface area contributed by atoms with Crippen LogP contribution in [0, 0.1) is 6.92 Å². The molecule has 2 aromatic heterocycles. The second-order valence-corrected chi connectivity index (χ2v) is 6.90. The van der Waals surface area contributed by atoms with Crippen LogP contribution in [0.2, 0.25) is 0 Å². The molecule has 3 aromatic rings. The van der Waals surface area contributed by atoms with Crippen molar-refractivity contribution in [3.63, 3.8) is 0 Å². The van der Waals surface area contributed by atoms with Gasteiger partial charge in [-0.3, -0.25) is 14.4 Å². The lowest BCUT2D eigenvalue weighted by atomic mass is 10.0. The third kappa shape index (κ3) is 4.29. The van der Waals surface area contributed by atoms with Crippen LogP contribution < -0.4 is 11.1 Å². The highest BCUT2D eigenvalue weighted by Gasteiger charge is 2.27. The Morgan fingerprint density at radius 2 is 1.93 bits per heavy atom. The molecule has 0 saturated heterocycles. The van der Waals surface area contributed by atoms with Crippen LogP contribution in [0.25, 0.3) is 5.00 Å². The molecule has 1 atom stereocenters. The molecule has 0 aliphatic heterocycles. The highest BCUT2D eigenvalue weighted by Crippen LogP contribution is 2.18. The Balaban J connectivity index is 1.87. The summed E-state index contributed by atoms with van der Waals surface area (Å²) in [7, 11) is 0. The molecule has 0 radical (unpaired) electrons. The summed E-state index contributed by atoms with van der Waals surface area (Å²) in [6.07, 6.45) is 0.167. The number of thiophene rings is 1. The number of Topliss-reactive ketones (excluding diaryl/α,β-unsaturated/α-hetero) is 1. The van der Waals surface area contributed by atoms with Crippen LogP contribution in [0.15, 0.2) is 53.9 Å². The van der Waals surface area contributed by atoms with Crippen LogP contribution in [-0.2, 0) is 16.0 Å². The van der Waals surface area contributed by atoms with Crippen LogP contribution in [0.3, 0.4) is 0 Å². The molecule has 1 unspecified atom stereocenters. The molecular weight excluding hydrogens is 364 g/mol. The second kappa shape index (κ2) is 7.96. The highest BCUT2D eigenvalue weighted by molar-refractivity contribution is 7.12. The molecule has 0 saturated carbocycles. The van der Waals surface area contributed by atoms with Gasteiger partial charge in [-0.25, -0.2) is 4.68 Å². The zero-order valence-corrected chi connectivity index (χ0v) is 15.4. The minimum absolute atomic E-state index is 0.167. The van der Waals surface area contributed by atoms with E-state index in [-0.39, 0.29) is 12.1 Å². The number of hydrogen-bond donors (Lipinski definition) is 2. The summed E-state index contributed by atoms with van der Waals surface area (Å²) in [6, 6.07) is 13.4. The van der Waals surface area contributed by atoms with E-state index >= 15 is 0 Å². The van der Waals surface area contributed by atoms with Crippen molar-refractivity contribution >= 4 is 28.9 Å². The number of aromatic nitrogens is 2. The van der Waals surface area contributed by atoms with Crippen molar-refractivity contribution in [3.05, 3.63) is 70.9 Å². The maximum atomic E-state index is 12.8. The van der Waals surface area contributed by atoms with E-state index in [1.54, 1.807) is 13.0 Å². The first kappa shape index (κ1) is 18.5. The topological polar surface area (TPSA) is 107 Å². The van der Waals surface area contributed by atoms with Gasteiger partial charge in [0.15, 0.2) is 0 Å². The molecule has 3 N–H and O–H groups in total. The van der Waals surface area contributed by atoms with E-state index in [1.165, 1.54) is 16.0 Å². The second-order valence-electron chi connectivity index (χ2n) is 5.98. The number of nitrogens with one attached hydrogen (secondary N) is 1. The van der Waals surface area contributed by atoms with E-state index in [9.17, 15) is 14.4 Å². The standard InChI is InChI=1S/C19H18N4O3S/c1-12-10-15(23(22-12)16-8-5-9-27-16)19(26)21-14(17(24)18(20)25)11-13-6-3-2-4-7-13/h2-10,14H,11H2,1H3,(H2,20,25)(H,21,26). The fourth-order valence-corrected chi connectivity index (χ4v) is 3.38. The Morgan fingerprint density at radius 1 is 1.19 bits per heavy atom. The molecule has 7 nitrogen and oxygen atoms in total. The van der Waals surface area contributed by atoms with Crippen LogP contribution in [0.1, 0.15) is 21.7 Å². The number of hydrogen-bond acceptors (Lipinski definition) is 5.